The van der Waals surface area contributed by atoms with E-state index in [4.69, 9.17) is 9.47 Å². The van der Waals surface area contributed by atoms with Crippen molar-refractivity contribution >= 4 is 23.8 Å². The molecule has 2 saturated heterocycles. The first-order valence-electron chi connectivity index (χ1n) is 10.6. The summed E-state index contributed by atoms with van der Waals surface area (Å²) in [6.45, 7) is 3.24. The monoisotopic (exact) mass is 440 g/mol. The lowest BCUT2D eigenvalue weighted by Crippen LogP contribution is -2.49. The van der Waals surface area contributed by atoms with Crippen molar-refractivity contribution in [2.75, 3.05) is 26.5 Å². The number of rotatable bonds is 5. The van der Waals surface area contributed by atoms with Gasteiger partial charge in [0.1, 0.15) is 11.9 Å². The van der Waals surface area contributed by atoms with Gasteiger partial charge in [0.25, 0.3) is 5.91 Å². The molecule has 2 aromatic carbocycles. The van der Waals surface area contributed by atoms with Gasteiger partial charge in [-0.15, -0.1) is 11.8 Å². The van der Waals surface area contributed by atoms with E-state index < -0.39 is 0 Å². The van der Waals surface area contributed by atoms with Gasteiger partial charge in [-0.05, 0) is 49.8 Å². The molecular weight excluding hydrogens is 412 g/mol. The number of benzene rings is 2. The van der Waals surface area contributed by atoms with Crippen molar-refractivity contribution in [3.8, 4) is 5.75 Å². The van der Waals surface area contributed by atoms with Gasteiger partial charge in [-0.3, -0.25) is 9.69 Å². The number of amides is 2. The van der Waals surface area contributed by atoms with E-state index in [1.807, 2.05) is 71.5 Å². The van der Waals surface area contributed by atoms with Gasteiger partial charge in [-0.25, -0.2) is 4.79 Å². The molecule has 0 N–H and O–H groups in total. The van der Waals surface area contributed by atoms with E-state index in [1.165, 1.54) is 0 Å². The topological polar surface area (TPSA) is 59.1 Å². The van der Waals surface area contributed by atoms with Crippen LogP contribution in [0.1, 0.15) is 41.8 Å². The van der Waals surface area contributed by atoms with Crippen LogP contribution in [0.25, 0.3) is 0 Å². The fourth-order valence-corrected chi connectivity index (χ4v) is 4.97. The Morgan fingerprint density at radius 2 is 1.84 bits per heavy atom. The average molecular weight is 441 g/mol. The van der Waals surface area contributed by atoms with Gasteiger partial charge in [-0.1, -0.05) is 30.3 Å². The minimum absolute atomic E-state index is 0.0258. The SMILES string of the molecule is COc1cc(SC)ccc1C(=O)N1CCC(N2C(=O)OC(c3ccccc3)C2C)CC1. The predicted octanol–water partition coefficient (Wildman–Crippen LogP) is 4.60. The molecule has 6 nitrogen and oxygen atoms in total. The lowest BCUT2D eigenvalue weighted by Gasteiger charge is -2.37. The number of carbonyl (C=O) groups is 2. The molecule has 2 aromatic rings. The number of ether oxygens (including phenoxy) is 2. The fraction of sp³-hybridized carbons (Fsp3) is 0.417. The van der Waals surface area contributed by atoms with Crippen molar-refractivity contribution in [3.05, 3.63) is 59.7 Å². The van der Waals surface area contributed by atoms with Crippen LogP contribution in [-0.4, -0.2) is 60.3 Å². The minimum Gasteiger partial charge on any atom is -0.496 e. The molecule has 0 spiro atoms. The summed E-state index contributed by atoms with van der Waals surface area (Å²) >= 11 is 1.61. The number of hydrogen-bond donors (Lipinski definition) is 0. The van der Waals surface area contributed by atoms with Gasteiger partial charge in [0.2, 0.25) is 0 Å². The summed E-state index contributed by atoms with van der Waals surface area (Å²) < 4.78 is 11.2. The molecule has 2 amide bonds. The molecule has 0 saturated carbocycles. The Bertz CT molecular complexity index is 944. The molecule has 31 heavy (non-hydrogen) atoms. The Labute approximate surface area is 187 Å². The molecule has 7 heteroatoms. The lowest BCUT2D eigenvalue weighted by molar-refractivity contribution is 0.0637. The number of piperidine rings is 1. The van der Waals surface area contributed by atoms with E-state index in [9.17, 15) is 9.59 Å². The maximum Gasteiger partial charge on any atom is 0.411 e. The van der Waals surface area contributed by atoms with E-state index in [-0.39, 0.29) is 30.2 Å². The molecule has 0 aliphatic carbocycles. The van der Waals surface area contributed by atoms with Gasteiger partial charge in [0.05, 0.1) is 18.7 Å². The van der Waals surface area contributed by atoms with Crippen LogP contribution in [0.5, 0.6) is 5.75 Å². The Hall–Kier alpha value is -2.67. The van der Waals surface area contributed by atoms with Crippen LogP contribution in [0.3, 0.4) is 0 Å². The third kappa shape index (κ3) is 4.24. The number of cyclic esters (lactones) is 1. The van der Waals surface area contributed by atoms with Gasteiger partial charge >= 0.3 is 6.09 Å². The van der Waals surface area contributed by atoms with Gasteiger partial charge in [0, 0.05) is 24.0 Å². The fourth-order valence-electron chi connectivity index (χ4n) is 4.54. The predicted molar refractivity (Wildman–Crippen MR) is 121 cm³/mol. The standard InChI is InChI=1S/C24H28N2O4S/c1-16-22(17-7-5-4-6-8-17)30-24(28)26(16)18-11-13-25(14-12-18)23(27)20-10-9-19(31-3)15-21(20)29-2/h4-10,15-16,18,22H,11-14H2,1-3H3. The van der Waals surface area contributed by atoms with Crippen molar-refractivity contribution in [3.63, 3.8) is 0 Å². The van der Waals surface area contributed by atoms with Crippen LogP contribution in [0, 0.1) is 0 Å². The molecule has 2 aliphatic heterocycles. The average Bonchev–Trinajstić information content (AvgIpc) is 3.12. The molecule has 4 rings (SSSR count). The van der Waals surface area contributed by atoms with Gasteiger partial charge < -0.3 is 14.4 Å². The van der Waals surface area contributed by atoms with Crippen LogP contribution in [-0.2, 0) is 4.74 Å². The highest BCUT2D eigenvalue weighted by molar-refractivity contribution is 7.98. The van der Waals surface area contributed by atoms with Crippen LogP contribution >= 0.6 is 11.8 Å². The third-order valence-corrected chi connectivity index (χ3v) is 6.95. The van der Waals surface area contributed by atoms with E-state index in [0.29, 0.717) is 24.4 Å². The highest BCUT2D eigenvalue weighted by Crippen LogP contribution is 2.36. The van der Waals surface area contributed by atoms with Crippen LogP contribution in [0.15, 0.2) is 53.4 Å². The number of hydrogen-bond acceptors (Lipinski definition) is 5. The molecule has 2 fully saturated rings. The summed E-state index contributed by atoms with van der Waals surface area (Å²) in [6, 6.07) is 15.6. The first-order chi connectivity index (χ1) is 15.0. The van der Waals surface area contributed by atoms with E-state index in [2.05, 4.69) is 0 Å². The number of thioether (sulfide) groups is 1. The van der Waals surface area contributed by atoms with Crippen LogP contribution in [0.2, 0.25) is 0 Å². The molecular formula is C24H28N2O4S. The van der Waals surface area contributed by atoms with E-state index in [0.717, 1.165) is 23.3 Å². The maximum absolute atomic E-state index is 13.1. The van der Waals surface area contributed by atoms with E-state index >= 15 is 0 Å². The summed E-state index contributed by atoms with van der Waals surface area (Å²) in [6.07, 6.45) is 2.94. The minimum atomic E-state index is -0.263. The number of likely N-dealkylation sites (tertiary alicyclic amines) is 1. The Morgan fingerprint density at radius 3 is 2.48 bits per heavy atom. The third-order valence-electron chi connectivity index (χ3n) is 6.23. The Kier molecular flexibility index (Phi) is 6.41. The summed E-state index contributed by atoms with van der Waals surface area (Å²) in [5.74, 6) is 0.573. The van der Waals surface area contributed by atoms with Crippen LogP contribution in [0.4, 0.5) is 4.79 Å². The second kappa shape index (κ2) is 9.22. The zero-order valence-corrected chi connectivity index (χ0v) is 18.9. The normalized spacial score (nSPS) is 21.8. The highest BCUT2D eigenvalue weighted by Gasteiger charge is 2.44. The Balaban J connectivity index is 1.42. The van der Waals surface area contributed by atoms with Crippen molar-refractivity contribution in [2.45, 2.75) is 42.8 Å². The second-order valence-corrected chi connectivity index (χ2v) is 8.83. The molecule has 0 aromatic heterocycles. The van der Waals surface area contributed by atoms with Crippen LogP contribution < -0.4 is 4.74 Å². The van der Waals surface area contributed by atoms with Gasteiger partial charge in [-0.2, -0.15) is 0 Å². The first kappa shape index (κ1) is 21.6. The molecule has 0 radical (unpaired) electrons. The lowest BCUT2D eigenvalue weighted by atomic mass is 9.98. The summed E-state index contributed by atoms with van der Waals surface area (Å²) in [7, 11) is 1.59. The smallest absolute Gasteiger partial charge is 0.411 e. The molecule has 2 atom stereocenters. The quantitative estimate of drug-likeness (QED) is 0.636. The van der Waals surface area contributed by atoms with Crippen molar-refractivity contribution < 1.29 is 19.1 Å². The summed E-state index contributed by atoms with van der Waals surface area (Å²) in [5, 5.41) is 0. The van der Waals surface area contributed by atoms with Gasteiger partial charge in [0.15, 0.2) is 0 Å². The molecule has 2 aliphatic rings. The highest BCUT2D eigenvalue weighted by atomic mass is 32.2. The first-order valence-corrected chi connectivity index (χ1v) is 11.8. The summed E-state index contributed by atoms with van der Waals surface area (Å²) in [4.78, 5) is 30.5. The van der Waals surface area contributed by atoms with E-state index in [1.54, 1.807) is 18.9 Å². The second-order valence-electron chi connectivity index (χ2n) is 7.95. The molecule has 164 valence electrons. The molecule has 2 heterocycles. The largest absolute Gasteiger partial charge is 0.496 e. The molecule has 2 unspecified atom stereocenters. The zero-order chi connectivity index (χ0) is 22.0. The number of methoxy groups -OCH3 is 1. The number of carbonyl (C=O) groups excluding carboxylic acids is 2. The summed E-state index contributed by atoms with van der Waals surface area (Å²) in [5.41, 5.74) is 1.59. The van der Waals surface area contributed by atoms with Crippen molar-refractivity contribution in [2.24, 2.45) is 0 Å². The number of nitrogens with zero attached hydrogens (tertiary/aromatic N) is 2. The van der Waals surface area contributed by atoms with Crippen molar-refractivity contribution in [1.29, 1.82) is 0 Å². The molecule has 0 bridgehead atoms. The van der Waals surface area contributed by atoms with Crippen molar-refractivity contribution in [1.82, 2.24) is 9.80 Å². The Morgan fingerprint density at radius 1 is 1.13 bits per heavy atom. The maximum atomic E-state index is 13.1. The zero-order valence-electron chi connectivity index (χ0n) is 18.1.